The number of likely N-dealkylation sites (tertiary alicyclic amines) is 2. The van der Waals surface area contributed by atoms with Gasteiger partial charge in [-0.2, -0.15) is 0 Å². The van der Waals surface area contributed by atoms with E-state index in [1.165, 1.54) is 51.4 Å². The summed E-state index contributed by atoms with van der Waals surface area (Å²) < 4.78 is 28.2. The van der Waals surface area contributed by atoms with Crippen LogP contribution in [0.1, 0.15) is 143 Å². The van der Waals surface area contributed by atoms with Crippen molar-refractivity contribution in [3.63, 3.8) is 0 Å². The first-order valence-electron chi connectivity index (χ1n) is 33.5. The van der Waals surface area contributed by atoms with Gasteiger partial charge in [-0.3, -0.25) is 24.0 Å². The molecule has 2 fully saturated rings. The van der Waals surface area contributed by atoms with Gasteiger partial charge in [-0.25, -0.2) is 19.9 Å². The molecule has 2 saturated heterocycles. The van der Waals surface area contributed by atoms with Crippen LogP contribution in [-0.2, 0) is 57.6 Å². The largest absolute Gasteiger partial charge is 0.494 e. The van der Waals surface area contributed by atoms with Gasteiger partial charge in [0.1, 0.15) is 29.3 Å². The van der Waals surface area contributed by atoms with Crippen molar-refractivity contribution in [2.75, 3.05) is 39.4 Å². The molecule has 2 amide bonds. The van der Waals surface area contributed by atoms with Crippen molar-refractivity contribution in [2.24, 2.45) is 23.5 Å². The number of carbonyl (C=O) groups excluding carboxylic acids is 5. The molecule has 2 aliphatic heterocycles. The Morgan fingerprint density at radius 2 is 0.862 bits per heavy atom. The number of nitrogens with zero attached hydrogens (tertiary/aromatic N) is 6. The number of hydrogen-bond donors (Lipinski definition) is 1. The number of benzene rings is 5. The summed E-state index contributed by atoms with van der Waals surface area (Å²) in [7, 11) is 0. The third-order valence-corrected chi connectivity index (χ3v) is 16.3. The molecule has 0 aliphatic carbocycles. The monoisotopic (exact) mass is 1280 g/mol. The van der Waals surface area contributed by atoms with E-state index in [1.807, 2.05) is 194 Å². The summed E-state index contributed by atoms with van der Waals surface area (Å²) in [5.41, 5.74) is 13.4. The Kier molecular flexibility index (Phi) is 26.4. The molecular weight excluding hydrogens is 1180 g/mol. The minimum absolute atomic E-state index is 0.0717. The molecule has 4 heterocycles. The second kappa shape index (κ2) is 34.9. The van der Waals surface area contributed by atoms with Crippen LogP contribution in [-0.4, -0.2) is 116 Å². The van der Waals surface area contributed by atoms with Crippen LogP contribution in [0.4, 0.5) is 0 Å². The van der Waals surface area contributed by atoms with Crippen molar-refractivity contribution in [1.82, 2.24) is 29.7 Å². The predicted molar refractivity (Wildman–Crippen MR) is 366 cm³/mol. The quantitative estimate of drug-likeness (QED) is 0.0252. The molecule has 0 saturated carbocycles. The molecule has 94 heavy (non-hydrogen) atoms. The Morgan fingerprint density at radius 1 is 0.468 bits per heavy atom. The molecule has 17 nitrogen and oxygen atoms in total. The Bertz CT molecular complexity index is 3490. The molecule has 0 unspecified atom stereocenters. The molecule has 2 atom stereocenters. The first-order valence-corrected chi connectivity index (χ1v) is 33.5. The average Bonchev–Trinajstić information content (AvgIpc) is 0.891. The molecule has 2 aliphatic rings. The van der Waals surface area contributed by atoms with Crippen LogP contribution < -0.4 is 15.2 Å². The van der Waals surface area contributed by atoms with Gasteiger partial charge in [0, 0.05) is 73.2 Å². The average molecular weight is 1280 g/mol. The number of nitrogens with two attached hydrogens (primary N) is 1. The maximum atomic E-state index is 13.7. The molecule has 17 heteroatoms. The van der Waals surface area contributed by atoms with Crippen molar-refractivity contribution < 1.29 is 47.7 Å². The molecule has 2 N–H and O–H groups in total. The van der Waals surface area contributed by atoms with Crippen LogP contribution in [0.15, 0.2) is 152 Å². The summed E-state index contributed by atoms with van der Waals surface area (Å²) in [5, 5.41) is 0. The van der Waals surface area contributed by atoms with E-state index in [0.717, 1.165) is 87.6 Å². The number of hydrogen-bond acceptors (Lipinski definition) is 15. The number of carbonyl (C=O) groups is 5. The van der Waals surface area contributed by atoms with Crippen LogP contribution in [0, 0.1) is 17.8 Å². The summed E-state index contributed by atoms with van der Waals surface area (Å²) in [6.07, 6.45) is 20.1. The second-order valence-electron chi connectivity index (χ2n) is 26.6. The van der Waals surface area contributed by atoms with Crippen LogP contribution in [0.3, 0.4) is 0 Å². The molecule has 498 valence electrons. The highest BCUT2D eigenvalue weighted by molar-refractivity contribution is 5.87. The molecule has 0 radical (unpaired) electrons. The number of amides is 2. The fourth-order valence-electron chi connectivity index (χ4n) is 10.9. The number of esters is 3. The fraction of sp³-hybridized carbons (Fsp3) is 0.442. The van der Waals surface area contributed by atoms with Crippen LogP contribution in [0.2, 0.25) is 0 Å². The molecule has 5 aromatic carbocycles. The second-order valence-corrected chi connectivity index (χ2v) is 26.6. The predicted octanol–water partition coefficient (Wildman–Crippen LogP) is 14.1. The van der Waals surface area contributed by atoms with Gasteiger partial charge in [0.25, 0.3) is 0 Å². The van der Waals surface area contributed by atoms with E-state index in [0.29, 0.717) is 37.6 Å². The lowest BCUT2D eigenvalue weighted by molar-refractivity contribution is -0.170. The van der Waals surface area contributed by atoms with Gasteiger partial charge in [0.2, 0.25) is 11.8 Å². The summed E-state index contributed by atoms with van der Waals surface area (Å²) in [5.74, 6) is 0.293. The normalized spacial score (nSPS) is 13.9. The van der Waals surface area contributed by atoms with Gasteiger partial charge < -0.3 is 39.2 Å². The van der Waals surface area contributed by atoms with Gasteiger partial charge in [-0.05, 0) is 119 Å². The van der Waals surface area contributed by atoms with E-state index in [-0.39, 0.29) is 61.7 Å². The summed E-state index contributed by atoms with van der Waals surface area (Å²) >= 11 is 0. The van der Waals surface area contributed by atoms with Crippen LogP contribution >= 0.6 is 0 Å². The van der Waals surface area contributed by atoms with E-state index in [9.17, 15) is 24.0 Å². The smallest absolute Gasteiger partial charge is 0.313 e. The van der Waals surface area contributed by atoms with Gasteiger partial charge in [-0.1, -0.05) is 168 Å². The van der Waals surface area contributed by atoms with E-state index < -0.39 is 29.1 Å². The topological polar surface area (TPSA) is 216 Å². The van der Waals surface area contributed by atoms with E-state index in [1.54, 1.807) is 9.80 Å². The van der Waals surface area contributed by atoms with E-state index in [4.69, 9.17) is 29.4 Å². The van der Waals surface area contributed by atoms with Crippen molar-refractivity contribution in [2.45, 2.75) is 163 Å². The third-order valence-electron chi connectivity index (χ3n) is 16.3. The number of unbranched alkanes of at least 4 members (excludes halogenated alkanes) is 8. The van der Waals surface area contributed by atoms with Crippen LogP contribution in [0.25, 0.3) is 45.0 Å². The fourth-order valence-corrected chi connectivity index (χ4v) is 10.9. The highest BCUT2D eigenvalue weighted by Crippen LogP contribution is 2.30. The van der Waals surface area contributed by atoms with Crippen molar-refractivity contribution in [3.05, 3.63) is 169 Å². The SMILES string of the molecule is CCCCCCCOc1ccc(-c2cnc(-c3ccc(C[C@H](CC(=O)OCc4ccccc4)C(=O)N4CC(C(=O)OC(C)(C)C)C4)cc3)nc2)cc1.CCCCCCCOc1ccc(-c2cnc(-c3ccc(C[C@H](N)C(=O)N4CC(C(=O)OC(C)(C)C)C4)cc3)nc2)cc1. The molecule has 9 rings (SSSR count). The van der Waals surface area contributed by atoms with Crippen molar-refractivity contribution >= 4 is 29.7 Å². The van der Waals surface area contributed by atoms with Crippen molar-refractivity contribution in [3.8, 4) is 56.5 Å². The summed E-state index contributed by atoms with van der Waals surface area (Å²) in [4.78, 5) is 85.7. The van der Waals surface area contributed by atoms with E-state index in [2.05, 4.69) is 33.8 Å². The highest BCUT2D eigenvalue weighted by Gasteiger charge is 2.42. The number of rotatable bonds is 30. The molecule has 2 aromatic heterocycles. The number of ether oxygens (including phenoxy) is 5. The lowest BCUT2D eigenvalue weighted by atomic mass is 9.91. The van der Waals surface area contributed by atoms with Crippen molar-refractivity contribution in [1.29, 1.82) is 0 Å². The van der Waals surface area contributed by atoms with Crippen LogP contribution in [0.5, 0.6) is 11.5 Å². The lowest BCUT2D eigenvalue weighted by Gasteiger charge is -2.40. The molecule has 7 aromatic rings. The zero-order chi connectivity index (χ0) is 67.0. The molecular formula is C77H95N7O10. The van der Waals surface area contributed by atoms with Gasteiger partial charge in [0.05, 0.1) is 43.4 Å². The standard InChI is InChI=1S/C43H51N3O6.C34H44N4O4/c1-5-6-7-8-12-23-50-38-21-19-33(20-22-38)36-26-44-40(45-27-36)34-17-15-31(16-18-34)24-35(25-39(47)51-30-32-13-10-9-11-14-32)41(48)46-28-37(29-46)42(49)52-43(2,3)4;1-5-6-7-8-9-18-41-29-16-14-25(15-17-29)27-20-36-31(37-21-27)26-12-10-24(11-13-26)19-30(35)32(39)38-22-28(23-38)33(40)42-34(2,3)4/h9-11,13-22,26-27,35,37H,5-8,12,23-25,28-30H2,1-4H3;10-17,20-21,28,30H,5-9,18-19,22-23,35H2,1-4H3/t35-;30-/m10/s1. The maximum absolute atomic E-state index is 13.7. The highest BCUT2D eigenvalue weighted by atomic mass is 16.6. The first-order chi connectivity index (χ1) is 45.2. The Morgan fingerprint density at radius 3 is 1.28 bits per heavy atom. The van der Waals surface area contributed by atoms with Gasteiger partial charge >= 0.3 is 17.9 Å². The van der Waals surface area contributed by atoms with Gasteiger partial charge in [0.15, 0.2) is 11.6 Å². The van der Waals surface area contributed by atoms with E-state index >= 15 is 0 Å². The zero-order valence-electron chi connectivity index (χ0n) is 56.2. The maximum Gasteiger partial charge on any atom is 0.313 e. The van der Waals surface area contributed by atoms with Gasteiger partial charge in [-0.15, -0.1) is 0 Å². The molecule has 0 bridgehead atoms. The lowest BCUT2D eigenvalue weighted by Crippen LogP contribution is -2.58. The third kappa shape index (κ3) is 22.4. The Labute approximate surface area is 555 Å². The molecule has 0 spiro atoms. The minimum atomic E-state index is -0.673. The number of aromatic nitrogens is 4. The zero-order valence-corrected chi connectivity index (χ0v) is 56.2. The Hall–Kier alpha value is -8.83. The Balaban J connectivity index is 0.000000247. The summed E-state index contributed by atoms with van der Waals surface area (Å²) in [6, 6.07) is 40.3. The first kappa shape index (κ1) is 71.0. The summed E-state index contributed by atoms with van der Waals surface area (Å²) in [6.45, 7) is 18.3. The minimum Gasteiger partial charge on any atom is -0.494 e.